The minimum absolute atomic E-state index is 0. The van der Waals surface area contributed by atoms with E-state index in [0.29, 0.717) is 23.9 Å². The lowest BCUT2D eigenvalue weighted by Crippen LogP contribution is -2.29. The summed E-state index contributed by atoms with van der Waals surface area (Å²) in [5.41, 5.74) is 0.714. The summed E-state index contributed by atoms with van der Waals surface area (Å²) in [6, 6.07) is 12.8. The fourth-order valence-corrected chi connectivity index (χ4v) is 2.08. The van der Waals surface area contributed by atoms with Crippen LogP contribution in [0.2, 0.25) is 0 Å². The maximum Gasteiger partial charge on any atom is 0.238 e. The SMILES string of the molecule is Cl.Cl.O=C(CNCC1CC1)Nc1cccc(Oc2ccccn2)c1. The molecule has 0 bridgehead atoms. The van der Waals surface area contributed by atoms with E-state index in [0.717, 1.165) is 12.5 Å². The van der Waals surface area contributed by atoms with E-state index >= 15 is 0 Å². The first-order chi connectivity index (χ1) is 10.8. The molecule has 1 aliphatic rings. The Bertz CT molecular complexity index is 637. The van der Waals surface area contributed by atoms with E-state index in [4.69, 9.17) is 4.74 Å². The monoisotopic (exact) mass is 369 g/mol. The largest absolute Gasteiger partial charge is 0.439 e. The average molecular weight is 370 g/mol. The topological polar surface area (TPSA) is 63.2 Å². The van der Waals surface area contributed by atoms with Gasteiger partial charge in [-0.15, -0.1) is 24.8 Å². The molecule has 0 spiro atoms. The number of hydrogen-bond donors (Lipinski definition) is 2. The quantitative estimate of drug-likeness (QED) is 0.781. The molecule has 0 saturated heterocycles. The highest BCUT2D eigenvalue weighted by atomic mass is 35.5. The molecule has 1 fully saturated rings. The summed E-state index contributed by atoms with van der Waals surface area (Å²) in [7, 11) is 0. The first-order valence-corrected chi connectivity index (χ1v) is 7.49. The van der Waals surface area contributed by atoms with Crippen LogP contribution in [-0.2, 0) is 4.79 Å². The highest BCUT2D eigenvalue weighted by molar-refractivity contribution is 5.92. The first-order valence-electron chi connectivity index (χ1n) is 7.49. The highest BCUT2D eigenvalue weighted by Gasteiger charge is 2.20. The zero-order valence-corrected chi connectivity index (χ0v) is 14.7. The fraction of sp³-hybridized carbons (Fsp3) is 0.294. The van der Waals surface area contributed by atoms with Gasteiger partial charge in [-0.2, -0.15) is 0 Å². The number of carbonyl (C=O) groups excluding carboxylic acids is 1. The number of amides is 1. The van der Waals surface area contributed by atoms with Crippen molar-refractivity contribution >= 4 is 36.4 Å². The lowest BCUT2D eigenvalue weighted by molar-refractivity contribution is -0.115. The van der Waals surface area contributed by atoms with Crippen LogP contribution in [-0.4, -0.2) is 24.0 Å². The van der Waals surface area contributed by atoms with Crippen molar-refractivity contribution in [3.8, 4) is 11.6 Å². The number of carbonyl (C=O) groups is 1. The third-order valence-corrected chi connectivity index (χ3v) is 3.39. The lowest BCUT2D eigenvalue weighted by atomic mass is 10.3. The molecule has 1 aromatic carbocycles. The van der Waals surface area contributed by atoms with Crippen molar-refractivity contribution in [1.82, 2.24) is 10.3 Å². The van der Waals surface area contributed by atoms with Crippen molar-refractivity contribution in [1.29, 1.82) is 0 Å². The Balaban J connectivity index is 0.00000144. The standard InChI is InChI=1S/C17H19N3O2.2ClH/c21-16(12-18-11-13-7-8-13)20-14-4-3-5-15(10-14)22-17-6-1-2-9-19-17;;/h1-6,9-10,13,18H,7-8,11-12H2,(H,20,21);2*1H. The Kier molecular flexibility index (Phi) is 8.54. The van der Waals surface area contributed by atoms with Gasteiger partial charge < -0.3 is 15.4 Å². The minimum Gasteiger partial charge on any atom is -0.439 e. The van der Waals surface area contributed by atoms with Gasteiger partial charge in [0.2, 0.25) is 11.8 Å². The minimum atomic E-state index is -0.0457. The summed E-state index contributed by atoms with van der Waals surface area (Å²) >= 11 is 0. The predicted octanol–water partition coefficient (Wildman–Crippen LogP) is 3.66. The van der Waals surface area contributed by atoms with Crippen LogP contribution in [0.1, 0.15) is 12.8 Å². The van der Waals surface area contributed by atoms with Crippen LogP contribution < -0.4 is 15.4 Å². The zero-order valence-electron chi connectivity index (χ0n) is 13.1. The summed E-state index contributed by atoms with van der Waals surface area (Å²) < 4.78 is 5.64. The molecule has 2 aromatic rings. The molecule has 0 unspecified atom stereocenters. The van der Waals surface area contributed by atoms with E-state index in [1.54, 1.807) is 18.3 Å². The fourth-order valence-electron chi connectivity index (χ4n) is 2.08. The van der Waals surface area contributed by atoms with E-state index < -0.39 is 0 Å². The molecular formula is C17H21Cl2N3O2. The second-order valence-corrected chi connectivity index (χ2v) is 5.42. The molecule has 0 aliphatic heterocycles. The van der Waals surface area contributed by atoms with Gasteiger partial charge in [-0.3, -0.25) is 4.79 Å². The number of benzene rings is 1. The van der Waals surface area contributed by atoms with Gasteiger partial charge in [-0.25, -0.2) is 4.98 Å². The molecule has 1 heterocycles. The number of pyridine rings is 1. The molecule has 5 nitrogen and oxygen atoms in total. The zero-order chi connectivity index (χ0) is 15.2. The van der Waals surface area contributed by atoms with Crippen LogP contribution in [0.4, 0.5) is 5.69 Å². The number of anilines is 1. The number of ether oxygens (including phenoxy) is 1. The van der Waals surface area contributed by atoms with Crippen molar-refractivity contribution in [2.75, 3.05) is 18.4 Å². The molecular weight excluding hydrogens is 349 g/mol. The number of nitrogens with one attached hydrogen (secondary N) is 2. The van der Waals surface area contributed by atoms with Crippen LogP contribution in [0, 0.1) is 5.92 Å². The molecule has 0 radical (unpaired) electrons. The Hall–Kier alpha value is -1.82. The van der Waals surface area contributed by atoms with E-state index in [1.165, 1.54) is 12.8 Å². The number of hydrogen-bond acceptors (Lipinski definition) is 4. The van der Waals surface area contributed by atoms with Crippen molar-refractivity contribution in [3.63, 3.8) is 0 Å². The van der Waals surface area contributed by atoms with E-state index in [1.807, 2.05) is 30.3 Å². The second-order valence-electron chi connectivity index (χ2n) is 5.42. The Morgan fingerprint density at radius 2 is 2.00 bits per heavy atom. The number of aromatic nitrogens is 1. The van der Waals surface area contributed by atoms with Crippen LogP contribution in [0.3, 0.4) is 0 Å². The molecule has 1 saturated carbocycles. The molecule has 130 valence electrons. The van der Waals surface area contributed by atoms with Gasteiger partial charge in [-0.05, 0) is 43.5 Å². The van der Waals surface area contributed by atoms with Crippen molar-refractivity contribution < 1.29 is 9.53 Å². The van der Waals surface area contributed by atoms with Crippen LogP contribution in [0.5, 0.6) is 11.6 Å². The van der Waals surface area contributed by atoms with Crippen molar-refractivity contribution in [3.05, 3.63) is 48.7 Å². The summed E-state index contributed by atoms with van der Waals surface area (Å²) in [4.78, 5) is 16.0. The molecule has 1 aliphatic carbocycles. The lowest BCUT2D eigenvalue weighted by Gasteiger charge is -2.09. The third kappa shape index (κ3) is 6.74. The molecule has 24 heavy (non-hydrogen) atoms. The Morgan fingerprint density at radius 1 is 1.17 bits per heavy atom. The van der Waals surface area contributed by atoms with E-state index in [2.05, 4.69) is 15.6 Å². The normalized spacial score (nSPS) is 12.5. The first kappa shape index (κ1) is 20.2. The number of nitrogens with zero attached hydrogens (tertiary/aromatic N) is 1. The summed E-state index contributed by atoms with van der Waals surface area (Å²) in [5.74, 6) is 1.89. The van der Waals surface area contributed by atoms with Crippen molar-refractivity contribution in [2.45, 2.75) is 12.8 Å². The maximum absolute atomic E-state index is 11.9. The third-order valence-electron chi connectivity index (χ3n) is 3.39. The van der Waals surface area contributed by atoms with Gasteiger partial charge in [0.1, 0.15) is 5.75 Å². The summed E-state index contributed by atoms with van der Waals surface area (Å²) in [6.07, 6.45) is 4.23. The average Bonchev–Trinajstić information content (AvgIpc) is 3.33. The van der Waals surface area contributed by atoms with E-state index in [-0.39, 0.29) is 30.7 Å². The molecule has 1 amide bonds. The van der Waals surface area contributed by atoms with Crippen molar-refractivity contribution in [2.24, 2.45) is 5.92 Å². The maximum atomic E-state index is 11.9. The molecule has 7 heteroatoms. The smallest absolute Gasteiger partial charge is 0.238 e. The molecule has 0 atom stereocenters. The number of rotatable bonds is 7. The summed E-state index contributed by atoms with van der Waals surface area (Å²) in [6.45, 7) is 1.26. The second kappa shape index (κ2) is 10.1. The number of halogens is 2. The van der Waals surface area contributed by atoms with Gasteiger partial charge in [-0.1, -0.05) is 12.1 Å². The molecule has 3 rings (SSSR count). The van der Waals surface area contributed by atoms with Crippen LogP contribution in [0.25, 0.3) is 0 Å². The van der Waals surface area contributed by atoms with Gasteiger partial charge >= 0.3 is 0 Å². The van der Waals surface area contributed by atoms with Gasteiger partial charge in [0.25, 0.3) is 0 Å². The van der Waals surface area contributed by atoms with E-state index in [9.17, 15) is 4.79 Å². The Morgan fingerprint density at radius 3 is 2.71 bits per heavy atom. The van der Waals surface area contributed by atoms with Crippen LogP contribution >= 0.6 is 24.8 Å². The molecule has 1 aromatic heterocycles. The van der Waals surface area contributed by atoms with Crippen LogP contribution in [0.15, 0.2) is 48.7 Å². The highest BCUT2D eigenvalue weighted by Crippen LogP contribution is 2.27. The van der Waals surface area contributed by atoms with Gasteiger partial charge in [0.05, 0.1) is 6.54 Å². The molecule has 2 N–H and O–H groups in total. The predicted molar refractivity (Wildman–Crippen MR) is 99.5 cm³/mol. The van der Waals surface area contributed by atoms with Gasteiger partial charge in [0.15, 0.2) is 0 Å². The van der Waals surface area contributed by atoms with Gasteiger partial charge in [0, 0.05) is 24.0 Å². The summed E-state index contributed by atoms with van der Waals surface area (Å²) in [5, 5.41) is 6.03. The Labute approximate surface area is 154 Å².